The summed E-state index contributed by atoms with van der Waals surface area (Å²) < 4.78 is 6.96. The molecule has 3 aromatic rings. The van der Waals surface area contributed by atoms with Crippen LogP contribution in [0.5, 0.6) is 0 Å². The van der Waals surface area contributed by atoms with Gasteiger partial charge in [0.05, 0.1) is 22.4 Å². The standard InChI is InChI=1S/C27H34N4O3S2/c1-18-9-6-7-10-20(18)31-26-23(25(29-31)27(2,3)4)24(19-11-14-35-16-19)36-17-22(33)30(26)15-21(32)28-12-8-13-34-5/h6-7,9-11,14,16,24H,8,12-13,15,17H2,1-5H3,(H,28,32). The summed E-state index contributed by atoms with van der Waals surface area (Å²) in [5.41, 5.74) is 4.77. The Hall–Kier alpha value is -2.62. The van der Waals surface area contributed by atoms with Crippen LogP contribution in [0.3, 0.4) is 0 Å². The lowest BCUT2D eigenvalue weighted by molar-refractivity contribution is -0.122. The molecular weight excluding hydrogens is 492 g/mol. The first kappa shape index (κ1) is 26.4. The van der Waals surface area contributed by atoms with Crippen molar-refractivity contribution in [3.8, 4) is 5.69 Å². The second-order valence-electron chi connectivity index (χ2n) is 9.96. The van der Waals surface area contributed by atoms with Gasteiger partial charge in [-0.2, -0.15) is 16.4 Å². The van der Waals surface area contributed by atoms with Gasteiger partial charge >= 0.3 is 0 Å². The number of carbonyl (C=O) groups is 2. The quantitative estimate of drug-likeness (QED) is 0.424. The summed E-state index contributed by atoms with van der Waals surface area (Å²) in [6.07, 6.45) is 0.715. The lowest BCUT2D eigenvalue weighted by Gasteiger charge is -2.24. The van der Waals surface area contributed by atoms with E-state index in [0.29, 0.717) is 25.4 Å². The molecule has 0 fully saturated rings. The number of hydrogen-bond donors (Lipinski definition) is 1. The van der Waals surface area contributed by atoms with Crippen LogP contribution in [0.4, 0.5) is 5.82 Å². The molecule has 3 heterocycles. The topological polar surface area (TPSA) is 76.5 Å². The molecule has 0 aliphatic carbocycles. The Morgan fingerprint density at radius 2 is 2.03 bits per heavy atom. The summed E-state index contributed by atoms with van der Waals surface area (Å²) in [4.78, 5) is 28.2. The second kappa shape index (κ2) is 11.2. The van der Waals surface area contributed by atoms with Gasteiger partial charge in [0.2, 0.25) is 11.8 Å². The van der Waals surface area contributed by atoms with Crippen LogP contribution in [0.1, 0.15) is 54.8 Å². The number of carbonyl (C=O) groups excluding carboxylic acids is 2. The van der Waals surface area contributed by atoms with Crippen molar-refractivity contribution >= 4 is 40.7 Å². The number of hydrogen-bond acceptors (Lipinski definition) is 6. The third-order valence-corrected chi connectivity index (χ3v) is 8.09. The number of fused-ring (bicyclic) bond motifs is 1. The number of anilines is 1. The highest BCUT2D eigenvalue weighted by Gasteiger charge is 2.40. The van der Waals surface area contributed by atoms with Gasteiger partial charge in [-0.05, 0) is 47.4 Å². The van der Waals surface area contributed by atoms with E-state index in [1.165, 1.54) is 0 Å². The first-order valence-corrected chi connectivity index (χ1v) is 14.1. The molecule has 0 saturated heterocycles. The maximum atomic E-state index is 13.6. The number of benzene rings is 1. The normalized spacial score (nSPS) is 16.1. The molecule has 0 bridgehead atoms. The number of para-hydroxylation sites is 1. The van der Waals surface area contributed by atoms with E-state index in [2.05, 4.69) is 42.9 Å². The van der Waals surface area contributed by atoms with Gasteiger partial charge in [-0.1, -0.05) is 39.0 Å². The average Bonchev–Trinajstić information content (AvgIpc) is 3.47. The largest absolute Gasteiger partial charge is 0.385 e. The average molecular weight is 527 g/mol. The number of nitrogens with one attached hydrogen (secondary N) is 1. The predicted molar refractivity (Wildman–Crippen MR) is 147 cm³/mol. The van der Waals surface area contributed by atoms with E-state index in [1.54, 1.807) is 35.1 Å². The highest BCUT2D eigenvalue weighted by molar-refractivity contribution is 8.00. The maximum absolute atomic E-state index is 13.6. The predicted octanol–water partition coefficient (Wildman–Crippen LogP) is 4.86. The monoisotopic (exact) mass is 526 g/mol. The molecule has 1 unspecified atom stereocenters. The van der Waals surface area contributed by atoms with Crippen LogP contribution in [0.25, 0.3) is 5.69 Å². The van der Waals surface area contributed by atoms with Gasteiger partial charge in [0.15, 0.2) is 0 Å². The fraction of sp³-hybridized carbons (Fsp3) is 0.444. The lowest BCUT2D eigenvalue weighted by atomic mass is 9.87. The molecule has 2 amide bonds. The van der Waals surface area contributed by atoms with Crippen LogP contribution in [-0.2, 0) is 19.7 Å². The lowest BCUT2D eigenvalue weighted by Crippen LogP contribution is -2.42. The number of nitrogens with zero attached hydrogens (tertiary/aromatic N) is 3. The van der Waals surface area contributed by atoms with Gasteiger partial charge < -0.3 is 10.1 Å². The van der Waals surface area contributed by atoms with E-state index in [0.717, 1.165) is 28.1 Å². The van der Waals surface area contributed by atoms with Crippen molar-refractivity contribution in [1.82, 2.24) is 15.1 Å². The van der Waals surface area contributed by atoms with Crippen LogP contribution in [0.2, 0.25) is 0 Å². The summed E-state index contributed by atoms with van der Waals surface area (Å²) in [5, 5.41) is 12.2. The molecular formula is C27H34N4O3S2. The zero-order valence-corrected chi connectivity index (χ0v) is 23.2. The highest BCUT2D eigenvalue weighted by atomic mass is 32.2. The van der Waals surface area contributed by atoms with Gasteiger partial charge in [-0.15, -0.1) is 11.8 Å². The molecule has 4 rings (SSSR count). The van der Waals surface area contributed by atoms with E-state index in [4.69, 9.17) is 9.84 Å². The molecule has 1 aromatic carbocycles. The van der Waals surface area contributed by atoms with Crippen LogP contribution in [0.15, 0.2) is 41.1 Å². The number of aryl methyl sites for hydroxylation is 1. The molecule has 0 saturated carbocycles. The molecule has 1 aliphatic rings. The summed E-state index contributed by atoms with van der Waals surface area (Å²) in [5.74, 6) is 0.677. The fourth-order valence-electron chi connectivity index (χ4n) is 4.37. The van der Waals surface area contributed by atoms with Gasteiger partial charge in [-0.3, -0.25) is 14.5 Å². The molecule has 2 aromatic heterocycles. The number of amides is 2. The van der Waals surface area contributed by atoms with E-state index in [-0.39, 0.29) is 34.8 Å². The fourth-order valence-corrected chi connectivity index (χ4v) is 6.33. The van der Waals surface area contributed by atoms with Crippen molar-refractivity contribution in [1.29, 1.82) is 0 Å². The summed E-state index contributed by atoms with van der Waals surface area (Å²) in [7, 11) is 1.64. The van der Waals surface area contributed by atoms with Crippen LogP contribution >= 0.6 is 23.1 Å². The Kier molecular flexibility index (Phi) is 8.22. The third kappa shape index (κ3) is 5.53. The van der Waals surface area contributed by atoms with Crippen molar-refractivity contribution in [2.45, 2.75) is 44.8 Å². The number of methoxy groups -OCH3 is 1. The van der Waals surface area contributed by atoms with Crippen molar-refractivity contribution in [2.24, 2.45) is 0 Å². The van der Waals surface area contributed by atoms with Gasteiger partial charge in [0.1, 0.15) is 12.4 Å². The highest BCUT2D eigenvalue weighted by Crippen LogP contribution is 2.48. The van der Waals surface area contributed by atoms with Crippen LogP contribution in [0, 0.1) is 6.92 Å². The number of aromatic nitrogens is 2. The molecule has 36 heavy (non-hydrogen) atoms. The van der Waals surface area contributed by atoms with Crippen molar-refractivity contribution in [3.63, 3.8) is 0 Å². The summed E-state index contributed by atoms with van der Waals surface area (Å²) in [6, 6.07) is 10.1. The van der Waals surface area contributed by atoms with Crippen LogP contribution < -0.4 is 10.2 Å². The molecule has 0 spiro atoms. The van der Waals surface area contributed by atoms with Crippen molar-refractivity contribution in [3.05, 3.63) is 63.5 Å². The Morgan fingerprint density at radius 3 is 2.69 bits per heavy atom. The Balaban J connectivity index is 1.89. The Bertz CT molecular complexity index is 1210. The zero-order chi connectivity index (χ0) is 25.9. The minimum atomic E-state index is -0.270. The summed E-state index contributed by atoms with van der Waals surface area (Å²) in [6.45, 7) is 9.48. The van der Waals surface area contributed by atoms with E-state index in [1.807, 2.05) is 35.9 Å². The van der Waals surface area contributed by atoms with E-state index in [9.17, 15) is 9.59 Å². The SMILES string of the molecule is COCCCNC(=O)CN1C(=O)CSC(c2ccsc2)c2c(C(C)(C)C)nn(-c3ccccc3C)c21. The van der Waals surface area contributed by atoms with Crippen LogP contribution in [-0.4, -0.2) is 54.2 Å². The molecule has 192 valence electrons. The maximum Gasteiger partial charge on any atom is 0.240 e. The number of rotatable bonds is 8. The zero-order valence-electron chi connectivity index (χ0n) is 21.5. The summed E-state index contributed by atoms with van der Waals surface area (Å²) >= 11 is 3.25. The molecule has 1 aliphatic heterocycles. The number of thioether (sulfide) groups is 1. The van der Waals surface area contributed by atoms with Gasteiger partial charge in [0.25, 0.3) is 0 Å². The Labute approximate surface area is 221 Å². The molecule has 7 nitrogen and oxygen atoms in total. The molecule has 9 heteroatoms. The molecule has 0 radical (unpaired) electrons. The number of ether oxygens (including phenoxy) is 1. The van der Waals surface area contributed by atoms with Crippen molar-refractivity contribution < 1.29 is 14.3 Å². The van der Waals surface area contributed by atoms with Crippen molar-refractivity contribution in [2.75, 3.05) is 37.5 Å². The van der Waals surface area contributed by atoms with E-state index >= 15 is 0 Å². The second-order valence-corrected chi connectivity index (χ2v) is 11.8. The molecule has 1 atom stereocenters. The van der Waals surface area contributed by atoms with Gasteiger partial charge in [0, 0.05) is 31.2 Å². The minimum Gasteiger partial charge on any atom is -0.385 e. The van der Waals surface area contributed by atoms with E-state index < -0.39 is 0 Å². The first-order valence-electron chi connectivity index (χ1n) is 12.1. The smallest absolute Gasteiger partial charge is 0.240 e. The number of thiophene rings is 1. The molecule has 1 N–H and O–H groups in total. The Morgan fingerprint density at radius 1 is 1.25 bits per heavy atom. The minimum absolute atomic E-state index is 0.0584. The van der Waals surface area contributed by atoms with Gasteiger partial charge in [-0.25, -0.2) is 4.68 Å². The third-order valence-electron chi connectivity index (χ3n) is 6.14. The first-order chi connectivity index (χ1) is 17.2.